The van der Waals surface area contributed by atoms with Gasteiger partial charge in [-0.1, -0.05) is 0 Å². The molecule has 0 radical (unpaired) electrons. The van der Waals surface area contributed by atoms with Crippen LogP contribution < -0.4 is 10.6 Å². The van der Waals surface area contributed by atoms with Gasteiger partial charge in [0.05, 0.1) is 51.3 Å². The Labute approximate surface area is 416 Å². The molecule has 34 nitrogen and oxygen atoms in total. The van der Waals surface area contributed by atoms with Gasteiger partial charge >= 0.3 is 17.9 Å². The van der Waals surface area contributed by atoms with E-state index in [0.717, 1.165) is 13.8 Å². The summed E-state index contributed by atoms with van der Waals surface area (Å²) in [5.74, 6) is -17.5. The number of carbonyl (C=O) groups excluding carboxylic acids is 2. The molecular weight excluding hydrogens is 1020 g/mol. The van der Waals surface area contributed by atoms with Crippen molar-refractivity contribution in [2.75, 3.05) is 33.0 Å². The molecule has 5 heterocycles. The average Bonchev–Trinajstić information content (AvgIpc) is 3.33. The van der Waals surface area contributed by atoms with Crippen molar-refractivity contribution in [3.8, 4) is 0 Å². The van der Waals surface area contributed by atoms with Crippen molar-refractivity contribution >= 4 is 29.7 Å². The summed E-state index contributed by atoms with van der Waals surface area (Å²) in [7, 11) is 0. The highest BCUT2D eigenvalue weighted by Gasteiger charge is 2.62. The SMILES string of the molecule is CC(=O)N[C@@H]1[C@@H](O)[C@H](O)[C@@H](CO[C@@H]2O[C@H](CO[C@]3(C(=O)O)C[C@@H](O[C@]4(C(=O)O)C[C@@H](O)[C@@H](O)[C@@H]([C@H](O)CO[C@]5(C(=O)O)C[C@@H](O)[C@@H](O)[C@@H]([C@H](O)CO)O5)O4)[C@@H](O)[C@@H]([C@H](O)CO)O3)[C@@H](O)[C@H](O)[C@H]2NC(C)=O)O[C@H]1O. The summed E-state index contributed by atoms with van der Waals surface area (Å²) in [6.45, 7) is -3.70. The number of carboxylic acid groups (broad SMARTS) is 3. The van der Waals surface area contributed by atoms with Crippen molar-refractivity contribution in [3.63, 3.8) is 0 Å². The van der Waals surface area contributed by atoms with Crippen LogP contribution in [0.2, 0.25) is 0 Å². The van der Waals surface area contributed by atoms with Crippen molar-refractivity contribution in [2.45, 2.75) is 185 Å². The third-order valence-electron chi connectivity index (χ3n) is 13.0. The van der Waals surface area contributed by atoms with Crippen LogP contribution in [0.15, 0.2) is 0 Å². The van der Waals surface area contributed by atoms with Crippen LogP contribution in [0.3, 0.4) is 0 Å². The molecule has 5 aliphatic heterocycles. The zero-order chi connectivity index (χ0) is 55.5. The predicted molar refractivity (Wildman–Crippen MR) is 223 cm³/mol. The van der Waals surface area contributed by atoms with Crippen molar-refractivity contribution < 1.29 is 159 Å². The van der Waals surface area contributed by atoms with Crippen LogP contribution in [0.4, 0.5) is 0 Å². The summed E-state index contributed by atoms with van der Waals surface area (Å²) in [5, 5.41) is 195. The Hall–Kier alpha value is -3.61. The number of nitrogens with one attached hydrogen (secondary N) is 2. The number of hydrogen-bond acceptors (Lipinski definition) is 29. The van der Waals surface area contributed by atoms with Gasteiger partial charge in [-0.3, -0.25) is 9.59 Å². The van der Waals surface area contributed by atoms with Gasteiger partial charge in [0.25, 0.3) is 17.4 Å². The lowest BCUT2D eigenvalue weighted by Crippen LogP contribution is -2.69. The number of aliphatic hydroxyl groups excluding tert-OH is 15. The Morgan fingerprint density at radius 3 is 1.47 bits per heavy atom. The normalized spacial score (nSPS) is 44.1. The molecule has 5 aliphatic rings. The van der Waals surface area contributed by atoms with E-state index in [-0.39, 0.29) is 0 Å². The second-order valence-corrected chi connectivity index (χ2v) is 18.3. The Morgan fingerprint density at radius 1 is 0.541 bits per heavy atom. The Morgan fingerprint density at radius 2 is 0.973 bits per heavy atom. The molecule has 0 unspecified atom stereocenters. The molecule has 0 aromatic heterocycles. The minimum atomic E-state index is -3.36. The van der Waals surface area contributed by atoms with Gasteiger partial charge in [0.2, 0.25) is 11.8 Å². The summed E-state index contributed by atoms with van der Waals surface area (Å²) in [6.07, 6.45) is -45.5. The number of aliphatic hydroxyl groups is 15. The first-order valence-electron chi connectivity index (χ1n) is 22.7. The number of rotatable bonds is 21. The fourth-order valence-corrected chi connectivity index (χ4v) is 8.97. The third-order valence-corrected chi connectivity index (χ3v) is 13.0. The number of hydrogen-bond donors (Lipinski definition) is 20. The number of carboxylic acids is 3. The quantitative estimate of drug-likeness (QED) is 0.0507. The summed E-state index contributed by atoms with van der Waals surface area (Å²) in [4.78, 5) is 62.4. The van der Waals surface area contributed by atoms with Crippen LogP contribution >= 0.6 is 0 Å². The molecule has 0 aliphatic carbocycles. The van der Waals surface area contributed by atoms with Crippen molar-refractivity contribution in [1.29, 1.82) is 0 Å². The maximum atomic E-state index is 13.2. The van der Waals surface area contributed by atoms with Crippen LogP contribution in [0, 0.1) is 0 Å². The van der Waals surface area contributed by atoms with Crippen LogP contribution in [-0.2, 0) is 66.6 Å². The van der Waals surface area contributed by atoms with Gasteiger partial charge in [0.1, 0.15) is 104 Å². The minimum absolute atomic E-state index is 0.706. The number of amides is 2. The first-order valence-corrected chi connectivity index (χ1v) is 22.7. The second-order valence-electron chi connectivity index (χ2n) is 18.3. The molecule has 0 saturated carbocycles. The predicted octanol–water partition coefficient (Wildman–Crippen LogP) is -12.1. The number of carbonyl (C=O) groups is 5. The van der Waals surface area contributed by atoms with Crippen LogP contribution in [0.5, 0.6) is 0 Å². The van der Waals surface area contributed by atoms with Gasteiger partial charge in [-0.05, 0) is 0 Å². The second kappa shape index (κ2) is 24.8. The van der Waals surface area contributed by atoms with Crippen molar-refractivity contribution in [2.24, 2.45) is 0 Å². The summed E-state index contributed by atoms with van der Waals surface area (Å²) < 4.78 is 49.5. The van der Waals surface area contributed by atoms with Crippen molar-refractivity contribution in [1.82, 2.24) is 10.6 Å². The van der Waals surface area contributed by atoms with Gasteiger partial charge in [-0.25, -0.2) is 14.4 Å². The molecule has 20 N–H and O–H groups in total. The molecule has 426 valence electrons. The Kier molecular flexibility index (Phi) is 20.5. The average molecular weight is 1080 g/mol. The van der Waals surface area contributed by atoms with Gasteiger partial charge in [0, 0.05) is 33.1 Å². The van der Waals surface area contributed by atoms with E-state index in [2.05, 4.69) is 10.6 Å². The zero-order valence-electron chi connectivity index (χ0n) is 39.1. The molecule has 25 atom stereocenters. The molecule has 74 heavy (non-hydrogen) atoms. The van der Waals surface area contributed by atoms with E-state index >= 15 is 0 Å². The van der Waals surface area contributed by atoms with Gasteiger partial charge in [-0.15, -0.1) is 0 Å². The molecule has 34 heteroatoms. The van der Waals surface area contributed by atoms with E-state index in [0.29, 0.717) is 0 Å². The molecule has 5 fully saturated rings. The maximum Gasteiger partial charge on any atom is 0.364 e. The number of aliphatic carboxylic acids is 3. The van der Waals surface area contributed by atoms with E-state index in [4.69, 9.17) is 42.6 Å². The van der Waals surface area contributed by atoms with E-state index in [1.807, 2.05) is 0 Å². The van der Waals surface area contributed by atoms with E-state index < -0.39 is 234 Å². The first-order chi connectivity index (χ1) is 34.5. The minimum Gasteiger partial charge on any atom is -0.477 e. The first kappa shape index (κ1) is 61.2. The molecule has 0 aromatic rings. The Bertz CT molecular complexity index is 1940. The Balaban J connectivity index is 1.39. The van der Waals surface area contributed by atoms with E-state index in [1.165, 1.54) is 0 Å². The van der Waals surface area contributed by atoms with E-state index in [1.54, 1.807) is 0 Å². The standard InChI is InChI=1S/C40H64N2O32/c1-11(45)41-21-28(57)25(54)19(69-33(21)59)9-66-34-22(42-12(2)46)29(58)26(55)20(70-34)10-68-39(36(62)63)5-18(27(56)31(73-39)16(50)7-44)71-40(37(64)65)4-14(48)24(53)32(74-40)17(51)8-67-38(35(60)61)3-13(47)23(52)30(72-38)15(49)6-43/h13-34,43-44,47-59H,3-10H2,1-2H3,(H,41,45)(H,42,46)(H,60,61)(H,62,63)(H,64,65)/t13-,14-,15-,16-,17-,18-,19-,20-,21-,22-,23-,24-,25-,26-,27-,28-,29-,30-,31-,32-,33-,34-,38-,39-,40-/m1/s1. The fraction of sp³-hybridized carbons (Fsp3) is 0.875. The lowest BCUT2D eigenvalue weighted by molar-refractivity contribution is -0.380. The summed E-state index contributed by atoms with van der Waals surface area (Å²) in [5.41, 5.74) is 0. The topological polar surface area (TPSA) is 557 Å². The largest absolute Gasteiger partial charge is 0.477 e. The van der Waals surface area contributed by atoms with Gasteiger partial charge < -0.3 is 145 Å². The van der Waals surface area contributed by atoms with Crippen LogP contribution in [0.1, 0.15) is 33.1 Å². The summed E-state index contributed by atoms with van der Waals surface area (Å²) in [6, 6.07) is -3.16. The monoisotopic (exact) mass is 1080 g/mol. The third kappa shape index (κ3) is 13.0. The molecule has 0 bridgehead atoms. The summed E-state index contributed by atoms with van der Waals surface area (Å²) >= 11 is 0. The van der Waals surface area contributed by atoms with Crippen LogP contribution in [-0.4, -0.2) is 307 Å². The van der Waals surface area contributed by atoms with E-state index in [9.17, 15) is 116 Å². The molecule has 5 rings (SSSR count). The van der Waals surface area contributed by atoms with Crippen molar-refractivity contribution in [3.05, 3.63) is 0 Å². The molecule has 0 aromatic carbocycles. The highest BCUT2D eigenvalue weighted by atomic mass is 16.8. The highest BCUT2D eigenvalue weighted by Crippen LogP contribution is 2.41. The van der Waals surface area contributed by atoms with Gasteiger partial charge in [0.15, 0.2) is 12.6 Å². The zero-order valence-corrected chi connectivity index (χ0v) is 39.1. The van der Waals surface area contributed by atoms with Gasteiger partial charge in [-0.2, -0.15) is 0 Å². The molecule has 2 amide bonds. The molecule has 5 saturated heterocycles. The van der Waals surface area contributed by atoms with Crippen LogP contribution in [0.25, 0.3) is 0 Å². The molecule has 0 spiro atoms. The highest BCUT2D eigenvalue weighted by molar-refractivity contribution is 5.77. The lowest BCUT2D eigenvalue weighted by atomic mass is 9.89. The maximum absolute atomic E-state index is 13.2. The fourth-order valence-electron chi connectivity index (χ4n) is 8.97. The molecular formula is C40H64N2O32. The lowest BCUT2D eigenvalue weighted by Gasteiger charge is -2.50. The smallest absolute Gasteiger partial charge is 0.364 e. The number of ether oxygens (including phenoxy) is 9.